The summed E-state index contributed by atoms with van der Waals surface area (Å²) in [5.74, 6) is -1.11. The van der Waals surface area contributed by atoms with Crippen LogP contribution in [0.4, 0.5) is 14.3 Å². The maximum absolute atomic E-state index is 13.1. The van der Waals surface area contributed by atoms with Gasteiger partial charge in [0.1, 0.15) is 5.82 Å². The molecular weight excluding hydrogens is 423 g/mol. The highest BCUT2D eigenvalue weighted by molar-refractivity contribution is 7.16. The minimum absolute atomic E-state index is 0.00368. The van der Waals surface area contributed by atoms with Gasteiger partial charge in [0, 0.05) is 36.6 Å². The normalized spacial score (nSPS) is 17.9. The second-order valence-corrected chi connectivity index (χ2v) is 8.47. The number of hydrogen-bond donors (Lipinski definition) is 1. The molecule has 1 aromatic heterocycles. The van der Waals surface area contributed by atoms with E-state index < -0.39 is 5.82 Å². The van der Waals surface area contributed by atoms with Gasteiger partial charge in [0.15, 0.2) is 5.13 Å². The smallest absolute Gasteiger partial charge is 0.409 e. The number of fused-ring (bicyclic) bond motifs is 1. The lowest BCUT2D eigenvalue weighted by atomic mass is 10.1. The topological polar surface area (TPSA) is 91.8 Å². The van der Waals surface area contributed by atoms with Crippen LogP contribution in [0.2, 0.25) is 0 Å². The predicted molar refractivity (Wildman–Crippen MR) is 113 cm³/mol. The van der Waals surface area contributed by atoms with E-state index in [4.69, 9.17) is 4.74 Å². The molecule has 10 heteroatoms. The fraction of sp³-hybridized carbons (Fsp3) is 0.429. The lowest BCUT2D eigenvalue weighted by Gasteiger charge is -2.35. The van der Waals surface area contributed by atoms with Crippen molar-refractivity contribution in [3.8, 4) is 0 Å². The van der Waals surface area contributed by atoms with Crippen LogP contribution in [0.3, 0.4) is 0 Å². The molecule has 164 valence electrons. The first kappa shape index (κ1) is 21.2. The van der Waals surface area contributed by atoms with Crippen LogP contribution in [0, 0.1) is 5.82 Å². The van der Waals surface area contributed by atoms with E-state index in [2.05, 4.69) is 10.3 Å². The van der Waals surface area contributed by atoms with Crippen LogP contribution in [0.25, 0.3) is 0 Å². The van der Waals surface area contributed by atoms with Crippen molar-refractivity contribution in [3.63, 3.8) is 0 Å². The van der Waals surface area contributed by atoms with Gasteiger partial charge in [0.05, 0.1) is 18.2 Å². The summed E-state index contributed by atoms with van der Waals surface area (Å²) in [4.78, 5) is 46.2. The highest BCUT2D eigenvalue weighted by Gasteiger charge is 2.36. The van der Waals surface area contributed by atoms with Crippen molar-refractivity contribution in [2.24, 2.45) is 0 Å². The van der Waals surface area contributed by atoms with Crippen molar-refractivity contribution in [3.05, 3.63) is 46.2 Å². The van der Waals surface area contributed by atoms with Gasteiger partial charge in [0.2, 0.25) is 5.91 Å². The molecule has 2 aliphatic rings. The Morgan fingerprint density at radius 3 is 2.52 bits per heavy atom. The van der Waals surface area contributed by atoms with E-state index in [1.54, 1.807) is 16.7 Å². The summed E-state index contributed by atoms with van der Waals surface area (Å²) in [5, 5.41) is 3.17. The molecule has 3 amide bonds. The number of carbonyl (C=O) groups excluding carboxylic acids is 3. The number of anilines is 1. The third-order valence-electron chi connectivity index (χ3n) is 5.46. The summed E-state index contributed by atoms with van der Waals surface area (Å²) < 4.78 is 18.1. The number of hydrogen-bond acceptors (Lipinski definition) is 6. The van der Waals surface area contributed by atoms with E-state index in [1.165, 1.54) is 35.6 Å². The molecule has 1 unspecified atom stereocenters. The second-order valence-electron chi connectivity index (χ2n) is 7.39. The third-order valence-corrected chi connectivity index (χ3v) is 6.51. The Bertz CT molecular complexity index is 986. The molecule has 1 aromatic carbocycles. The van der Waals surface area contributed by atoms with Crippen molar-refractivity contribution in [1.82, 2.24) is 14.8 Å². The van der Waals surface area contributed by atoms with Crippen LogP contribution >= 0.6 is 11.3 Å². The molecule has 1 aliphatic carbocycles. The number of aromatic nitrogens is 1. The average Bonchev–Trinajstić information content (AvgIpc) is 3.34. The third kappa shape index (κ3) is 4.53. The van der Waals surface area contributed by atoms with E-state index in [9.17, 15) is 18.8 Å². The Balaban J connectivity index is 1.38. The molecule has 8 nitrogen and oxygen atoms in total. The number of benzene rings is 1. The van der Waals surface area contributed by atoms with Gasteiger partial charge in [-0.05, 0) is 44.0 Å². The van der Waals surface area contributed by atoms with Crippen LogP contribution in [-0.4, -0.2) is 65.5 Å². The first-order valence-electron chi connectivity index (χ1n) is 10.2. The predicted octanol–water partition coefficient (Wildman–Crippen LogP) is 2.87. The first-order valence-corrected chi connectivity index (χ1v) is 11.0. The van der Waals surface area contributed by atoms with Crippen molar-refractivity contribution < 1.29 is 23.5 Å². The van der Waals surface area contributed by atoms with Gasteiger partial charge in [-0.2, -0.15) is 0 Å². The lowest BCUT2D eigenvalue weighted by molar-refractivity contribution is -0.134. The number of halogens is 1. The fourth-order valence-corrected chi connectivity index (χ4v) is 4.87. The number of thiazole rings is 1. The molecule has 0 spiro atoms. The summed E-state index contributed by atoms with van der Waals surface area (Å²) in [6.45, 7) is 3.90. The van der Waals surface area contributed by atoms with Gasteiger partial charge in [-0.3, -0.25) is 14.9 Å². The Kier molecular flexibility index (Phi) is 6.17. The van der Waals surface area contributed by atoms with Crippen LogP contribution in [0.1, 0.15) is 40.2 Å². The zero-order valence-electron chi connectivity index (χ0n) is 17.1. The SMILES string of the molecule is CCOC(=O)N1CCN(C(=O)C2CCc3sc(NC(=O)c4ccc(F)cc4)nc32)CC1. The average molecular weight is 447 g/mol. The summed E-state index contributed by atoms with van der Waals surface area (Å²) in [6, 6.07) is 5.28. The Morgan fingerprint density at radius 1 is 1.16 bits per heavy atom. The summed E-state index contributed by atoms with van der Waals surface area (Å²) >= 11 is 1.37. The van der Waals surface area contributed by atoms with Crippen LogP contribution in [0.15, 0.2) is 24.3 Å². The summed E-state index contributed by atoms with van der Waals surface area (Å²) in [7, 11) is 0. The van der Waals surface area contributed by atoms with Crippen LogP contribution in [0.5, 0.6) is 0 Å². The molecule has 1 saturated heterocycles. The molecule has 1 aliphatic heterocycles. The monoisotopic (exact) mass is 446 g/mol. The van der Waals surface area contributed by atoms with Gasteiger partial charge >= 0.3 is 6.09 Å². The van der Waals surface area contributed by atoms with Gasteiger partial charge in [-0.1, -0.05) is 0 Å². The zero-order valence-corrected chi connectivity index (χ0v) is 17.9. The minimum Gasteiger partial charge on any atom is -0.450 e. The highest BCUT2D eigenvalue weighted by atomic mass is 32.1. The molecular formula is C21H23FN4O4S. The lowest BCUT2D eigenvalue weighted by Crippen LogP contribution is -2.51. The zero-order chi connectivity index (χ0) is 22.0. The molecule has 2 heterocycles. The van der Waals surface area contributed by atoms with E-state index >= 15 is 0 Å². The van der Waals surface area contributed by atoms with E-state index in [-0.39, 0.29) is 23.8 Å². The summed E-state index contributed by atoms with van der Waals surface area (Å²) in [6.07, 6.45) is 1.08. The van der Waals surface area contributed by atoms with Crippen molar-refractivity contribution >= 4 is 34.4 Å². The fourth-order valence-electron chi connectivity index (χ4n) is 3.84. The molecule has 2 aromatic rings. The first-order chi connectivity index (χ1) is 15.0. The molecule has 0 saturated carbocycles. The Morgan fingerprint density at radius 2 is 1.84 bits per heavy atom. The van der Waals surface area contributed by atoms with Crippen LogP contribution < -0.4 is 5.32 Å². The molecule has 1 atom stereocenters. The molecule has 1 N–H and O–H groups in total. The molecule has 0 radical (unpaired) electrons. The van der Waals surface area contributed by atoms with Crippen molar-refractivity contribution in [1.29, 1.82) is 0 Å². The van der Waals surface area contributed by atoms with E-state index in [1.807, 2.05) is 0 Å². The number of rotatable bonds is 4. The summed E-state index contributed by atoms with van der Waals surface area (Å²) in [5.41, 5.74) is 1.06. The van der Waals surface area contributed by atoms with Crippen molar-refractivity contribution in [2.75, 3.05) is 38.1 Å². The van der Waals surface area contributed by atoms with Crippen molar-refractivity contribution in [2.45, 2.75) is 25.7 Å². The number of nitrogens with one attached hydrogen (secondary N) is 1. The number of amides is 3. The molecule has 31 heavy (non-hydrogen) atoms. The van der Waals surface area contributed by atoms with E-state index in [0.29, 0.717) is 49.9 Å². The van der Waals surface area contributed by atoms with Gasteiger partial charge in [0.25, 0.3) is 5.91 Å². The maximum atomic E-state index is 13.1. The standard InChI is InChI=1S/C21H23FN4O4S/c1-2-30-21(29)26-11-9-25(10-12-26)19(28)15-7-8-16-17(15)23-20(31-16)24-18(27)13-3-5-14(22)6-4-13/h3-6,15H,2,7-12H2,1H3,(H,23,24,27). The Labute approximate surface area is 183 Å². The number of carbonyl (C=O) groups is 3. The Hall–Kier alpha value is -3.01. The van der Waals surface area contributed by atoms with E-state index in [0.717, 1.165) is 17.0 Å². The van der Waals surface area contributed by atoms with Crippen LogP contribution in [-0.2, 0) is 16.0 Å². The molecule has 1 fully saturated rings. The minimum atomic E-state index is -0.408. The quantitative estimate of drug-likeness (QED) is 0.780. The molecule has 0 bridgehead atoms. The number of nitrogens with zero attached hydrogens (tertiary/aromatic N) is 3. The highest BCUT2D eigenvalue weighted by Crippen LogP contribution is 2.39. The maximum Gasteiger partial charge on any atom is 0.409 e. The largest absolute Gasteiger partial charge is 0.450 e. The van der Waals surface area contributed by atoms with Gasteiger partial charge < -0.3 is 14.5 Å². The van der Waals surface area contributed by atoms with Gasteiger partial charge in [-0.15, -0.1) is 11.3 Å². The number of aryl methyl sites for hydroxylation is 1. The number of ether oxygens (including phenoxy) is 1. The number of piperazine rings is 1. The van der Waals surface area contributed by atoms with Gasteiger partial charge in [-0.25, -0.2) is 14.2 Å². The second kappa shape index (κ2) is 9.01. The molecule has 4 rings (SSSR count).